The zero-order chi connectivity index (χ0) is 11.8. The van der Waals surface area contributed by atoms with Crippen molar-refractivity contribution < 1.29 is 19.1 Å². The molecule has 15 heavy (non-hydrogen) atoms. The molecule has 1 N–H and O–H groups in total. The monoisotopic (exact) mass is 217 g/mol. The standard InChI is InChI=1S/C10H19NO4/c1-5-14-9(12)7(3)11-8(4)10(13)15-6-2/h7-8,11H,5-6H2,1-4H3/t7-,8?/m0/s1. The maximum atomic E-state index is 11.2. The first kappa shape index (κ1) is 13.9. The molecule has 0 saturated carbocycles. The smallest absolute Gasteiger partial charge is 0.322 e. The van der Waals surface area contributed by atoms with Gasteiger partial charge in [-0.25, -0.2) is 0 Å². The minimum atomic E-state index is -0.510. The number of hydrogen-bond acceptors (Lipinski definition) is 5. The number of carbonyl (C=O) groups excluding carboxylic acids is 2. The molecular weight excluding hydrogens is 198 g/mol. The first-order chi connectivity index (χ1) is 7.02. The van der Waals surface area contributed by atoms with Gasteiger partial charge in [0, 0.05) is 0 Å². The van der Waals surface area contributed by atoms with Crippen molar-refractivity contribution in [3.05, 3.63) is 0 Å². The minimum Gasteiger partial charge on any atom is -0.465 e. The Hall–Kier alpha value is -1.10. The third-order valence-corrected chi connectivity index (χ3v) is 1.78. The molecule has 0 aromatic carbocycles. The quantitative estimate of drug-likeness (QED) is 0.655. The van der Waals surface area contributed by atoms with E-state index in [4.69, 9.17) is 9.47 Å². The van der Waals surface area contributed by atoms with Crippen molar-refractivity contribution in [2.75, 3.05) is 13.2 Å². The van der Waals surface area contributed by atoms with Gasteiger partial charge in [-0.05, 0) is 27.7 Å². The Morgan fingerprint density at radius 3 is 1.60 bits per heavy atom. The van der Waals surface area contributed by atoms with Crippen LogP contribution in [0.3, 0.4) is 0 Å². The van der Waals surface area contributed by atoms with Crippen LogP contribution in [-0.4, -0.2) is 37.2 Å². The van der Waals surface area contributed by atoms with Crippen molar-refractivity contribution in [2.45, 2.75) is 39.8 Å². The topological polar surface area (TPSA) is 64.6 Å². The van der Waals surface area contributed by atoms with Gasteiger partial charge in [-0.15, -0.1) is 0 Å². The number of esters is 2. The number of rotatable bonds is 6. The predicted octanol–water partition coefficient (Wildman–Crippen LogP) is 0.479. The van der Waals surface area contributed by atoms with Crippen molar-refractivity contribution in [1.82, 2.24) is 5.32 Å². The Morgan fingerprint density at radius 2 is 1.33 bits per heavy atom. The average Bonchev–Trinajstić information content (AvgIpc) is 2.18. The van der Waals surface area contributed by atoms with Crippen LogP contribution >= 0.6 is 0 Å². The van der Waals surface area contributed by atoms with Gasteiger partial charge in [-0.2, -0.15) is 0 Å². The molecule has 88 valence electrons. The Balaban J connectivity index is 3.99. The van der Waals surface area contributed by atoms with Gasteiger partial charge in [0.2, 0.25) is 0 Å². The Kier molecular flexibility index (Phi) is 6.70. The summed E-state index contributed by atoms with van der Waals surface area (Å²) in [5.74, 6) is -0.734. The highest BCUT2D eigenvalue weighted by Gasteiger charge is 2.21. The van der Waals surface area contributed by atoms with Crippen LogP contribution in [0.25, 0.3) is 0 Å². The summed E-state index contributed by atoms with van der Waals surface area (Å²) in [6.07, 6.45) is 0. The Morgan fingerprint density at radius 1 is 1.00 bits per heavy atom. The zero-order valence-corrected chi connectivity index (χ0v) is 9.70. The molecule has 0 aliphatic heterocycles. The number of nitrogens with one attached hydrogen (secondary N) is 1. The second kappa shape index (κ2) is 7.23. The van der Waals surface area contributed by atoms with Gasteiger partial charge >= 0.3 is 11.9 Å². The molecule has 1 unspecified atom stereocenters. The summed E-state index contributed by atoms with van der Waals surface area (Å²) >= 11 is 0. The van der Waals surface area contributed by atoms with Gasteiger partial charge in [0.15, 0.2) is 0 Å². The lowest BCUT2D eigenvalue weighted by Gasteiger charge is -2.17. The van der Waals surface area contributed by atoms with Gasteiger partial charge < -0.3 is 9.47 Å². The molecule has 0 spiro atoms. The largest absolute Gasteiger partial charge is 0.465 e. The lowest BCUT2D eigenvalue weighted by Crippen LogP contribution is -2.45. The van der Waals surface area contributed by atoms with Crippen molar-refractivity contribution in [1.29, 1.82) is 0 Å². The number of carbonyl (C=O) groups is 2. The second-order valence-electron chi connectivity index (χ2n) is 3.11. The van der Waals surface area contributed by atoms with E-state index in [-0.39, 0.29) is 11.9 Å². The van der Waals surface area contributed by atoms with Crippen LogP contribution in [0.15, 0.2) is 0 Å². The van der Waals surface area contributed by atoms with E-state index in [1.807, 2.05) is 0 Å². The van der Waals surface area contributed by atoms with Crippen molar-refractivity contribution in [3.8, 4) is 0 Å². The molecular formula is C10H19NO4. The summed E-state index contributed by atoms with van der Waals surface area (Å²) in [7, 11) is 0. The first-order valence-electron chi connectivity index (χ1n) is 5.12. The lowest BCUT2D eigenvalue weighted by molar-refractivity contribution is -0.148. The van der Waals surface area contributed by atoms with Gasteiger partial charge in [-0.1, -0.05) is 0 Å². The van der Waals surface area contributed by atoms with Crippen LogP contribution in [0.2, 0.25) is 0 Å². The molecule has 0 saturated heterocycles. The summed E-state index contributed by atoms with van der Waals surface area (Å²) in [6.45, 7) is 7.43. The van der Waals surface area contributed by atoms with E-state index < -0.39 is 12.1 Å². The zero-order valence-electron chi connectivity index (χ0n) is 9.70. The van der Waals surface area contributed by atoms with Gasteiger partial charge in [-0.3, -0.25) is 14.9 Å². The molecule has 5 nitrogen and oxygen atoms in total. The highest BCUT2D eigenvalue weighted by Crippen LogP contribution is 1.94. The fourth-order valence-electron chi connectivity index (χ4n) is 1.05. The molecule has 0 aromatic rings. The van der Waals surface area contributed by atoms with Crippen LogP contribution in [0, 0.1) is 0 Å². The minimum absolute atomic E-state index is 0.332. The van der Waals surface area contributed by atoms with Crippen LogP contribution in [0.1, 0.15) is 27.7 Å². The van der Waals surface area contributed by atoms with Gasteiger partial charge in [0.1, 0.15) is 12.1 Å². The van der Waals surface area contributed by atoms with Crippen LogP contribution in [-0.2, 0) is 19.1 Å². The van der Waals surface area contributed by atoms with E-state index in [2.05, 4.69) is 5.32 Å². The molecule has 0 aromatic heterocycles. The highest BCUT2D eigenvalue weighted by molar-refractivity contribution is 5.79. The molecule has 0 radical (unpaired) electrons. The fraction of sp³-hybridized carbons (Fsp3) is 0.800. The molecule has 0 heterocycles. The van der Waals surface area contributed by atoms with E-state index in [0.29, 0.717) is 13.2 Å². The van der Waals surface area contributed by atoms with Crippen molar-refractivity contribution in [2.24, 2.45) is 0 Å². The highest BCUT2D eigenvalue weighted by atomic mass is 16.5. The number of ether oxygens (including phenoxy) is 2. The molecule has 0 aliphatic carbocycles. The molecule has 2 atom stereocenters. The molecule has 0 rings (SSSR count). The third-order valence-electron chi connectivity index (χ3n) is 1.78. The summed E-state index contributed by atoms with van der Waals surface area (Å²) in [5.41, 5.74) is 0. The number of hydrogen-bond donors (Lipinski definition) is 1. The fourth-order valence-corrected chi connectivity index (χ4v) is 1.05. The van der Waals surface area contributed by atoms with Crippen molar-refractivity contribution >= 4 is 11.9 Å². The second-order valence-corrected chi connectivity index (χ2v) is 3.11. The van der Waals surface area contributed by atoms with Gasteiger partial charge in [0.25, 0.3) is 0 Å². The van der Waals surface area contributed by atoms with Crippen LogP contribution in [0.5, 0.6) is 0 Å². The van der Waals surface area contributed by atoms with E-state index in [1.54, 1.807) is 27.7 Å². The molecule has 0 fully saturated rings. The maximum absolute atomic E-state index is 11.2. The van der Waals surface area contributed by atoms with Crippen LogP contribution in [0.4, 0.5) is 0 Å². The first-order valence-corrected chi connectivity index (χ1v) is 5.12. The van der Waals surface area contributed by atoms with Crippen LogP contribution < -0.4 is 5.32 Å². The van der Waals surface area contributed by atoms with E-state index in [9.17, 15) is 9.59 Å². The lowest BCUT2D eigenvalue weighted by atomic mass is 10.2. The third kappa shape index (κ3) is 5.37. The SMILES string of the molecule is CCOC(=O)C(C)N[C@@H](C)C(=O)OCC. The Bertz CT molecular complexity index is 195. The summed E-state index contributed by atoms with van der Waals surface area (Å²) in [6, 6.07) is -1.02. The van der Waals surface area contributed by atoms with E-state index in [0.717, 1.165) is 0 Å². The van der Waals surface area contributed by atoms with Gasteiger partial charge in [0.05, 0.1) is 13.2 Å². The molecule has 0 aliphatic rings. The average molecular weight is 217 g/mol. The predicted molar refractivity (Wildman–Crippen MR) is 55.3 cm³/mol. The summed E-state index contributed by atoms with van der Waals surface area (Å²) in [5, 5.41) is 2.80. The Labute approximate surface area is 90.1 Å². The molecule has 0 amide bonds. The maximum Gasteiger partial charge on any atom is 0.322 e. The summed E-state index contributed by atoms with van der Waals surface area (Å²) in [4.78, 5) is 22.4. The normalized spacial score (nSPS) is 14.1. The molecule has 0 bridgehead atoms. The van der Waals surface area contributed by atoms with E-state index >= 15 is 0 Å². The van der Waals surface area contributed by atoms with Crippen molar-refractivity contribution in [3.63, 3.8) is 0 Å². The van der Waals surface area contributed by atoms with E-state index in [1.165, 1.54) is 0 Å². The molecule has 5 heteroatoms. The summed E-state index contributed by atoms with van der Waals surface area (Å²) < 4.78 is 9.58.